The van der Waals surface area contributed by atoms with Gasteiger partial charge in [0.15, 0.2) is 9.84 Å². The van der Waals surface area contributed by atoms with Gasteiger partial charge in [-0.3, -0.25) is 0 Å². The van der Waals surface area contributed by atoms with E-state index >= 15 is 0 Å². The number of allylic oxidation sites excluding steroid dienone is 8. The van der Waals surface area contributed by atoms with Crippen molar-refractivity contribution in [1.82, 2.24) is 0 Å². The number of aryl methyl sites for hydroxylation is 1. The van der Waals surface area contributed by atoms with E-state index in [1.165, 1.54) is 12.1 Å². The largest absolute Gasteiger partial charge is 0 e. The van der Waals surface area contributed by atoms with E-state index in [2.05, 4.69) is 26.6 Å². The summed E-state index contributed by atoms with van der Waals surface area (Å²) in [5, 5.41) is 0. The van der Waals surface area contributed by atoms with Gasteiger partial charge in [0.05, 0.1) is 4.90 Å². The van der Waals surface area contributed by atoms with Gasteiger partial charge in [-0.15, -0.1) is 12.1 Å². The fourth-order valence-corrected chi connectivity index (χ4v) is 3.41. The Morgan fingerprint density at radius 1 is 0.615 bits per heavy atom. The van der Waals surface area contributed by atoms with Gasteiger partial charge in [0, 0.05) is 39.7 Å². The predicted octanol–water partition coefficient (Wildman–Crippen LogP) is 6.07. The van der Waals surface area contributed by atoms with Crippen LogP contribution in [-0.4, -0.2) is 8.42 Å². The molecule has 2 aromatic carbocycles. The van der Waals surface area contributed by atoms with Gasteiger partial charge < -0.3 is 0 Å². The van der Waals surface area contributed by atoms with Crippen LogP contribution >= 0.6 is 0 Å². The zero-order valence-electron chi connectivity index (χ0n) is 20.0. The number of rotatable bonds is 3. The number of hydrogen-bond donors (Lipinski definition) is 0. The van der Waals surface area contributed by atoms with Crippen LogP contribution in [0.25, 0.3) is 0 Å². The topological polar surface area (TPSA) is 114 Å². The van der Waals surface area contributed by atoms with Crippen LogP contribution in [0.4, 0.5) is 13.2 Å². The molecule has 0 bridgehead atoms. The molecule has 0 amide bonds. The maximum absolute atomic E-state index is 12.4. The molecule has 1 aliphatic rings. The van der Waals surface area contributed by atoms with Gasteiger partial charge in [-0.05, 0) is 19.1 Å². The Balaban J connectivity index is -0.000000180. The van der Waals surface area contributed by atoms with Gasteiger partial charge in [-0.25, -0.2) is 8.42 Å². The van der Waals surface area contributed by atoms with Crippen molar-refractivity contribution in [3.05, 3.63) is 146 Å². The molecular formula is C27H20F3Fe2O6S-. The van der Waals surface area contributed by atoms with Crippen molar-refractivity contribution in [2.24, 2.45) is 0 Å². The summed E-state index contributed by atoms with van der Waals surface area (Å²) in [4.78, 5) is 0.105. The van der Waals surface area contributed by atoms with E-state index in [4.69, 9.17) is 18.6 Å². The molecule has 0 N–H and O–H groups in total. The van der Waals surface area contributed by atoms with Gasteiger partial charge in [0.1, 0.15) is 0 Å². The molecule has 0 heterocycles. The standard InChI is InChI=1S/C15H12F3O2S.C8H8.4CO.2Fe/c1-11-2-8-14(9-3-11)21(19,20)10-12-4-6-13(7-5-12)15(16,17)18;1-2-4-6-8-7-5-3-1;4*1-2;;/h2-10H,1H3;1-8H;;;;;;/q-1;;;;;;;/b;2-1-,3-1?,4-2?,5-3-,6-4-,7-5?,8-6?,8-7-;;;;;;. The minimum atomic E-state index is -4.44. The first-order valence-corrected chi connectivity index (χ1v) is 11.1. The van der Waals surface area contributed by atoms with Crippen LogP contribution in [-0.2, 0) is 68.8 Å². The average Bonchev–Trinajstić information content (AvgIpc) is 2.89. The van der Waals surface area contributed by atoms with Gasteiger partial charge in [0.2, 0.25) is 0 Å². The van der Waals surface area contributed by atoms with E-state index in [1.54, 1.807) is 12.1 Å². The second kappa shape index (κ2) is 28.0. The van der Waals surface area contributed by atoms with E-state index in [-0.39, 0.29) is 44.6 Å². The molecule has 39 heavy (non-hydrogen) atoms. The Labute approximate surface area is 247 Å². The van der Waals surface area contributed by atoms with Crippen LogP contribution in [0, 0.1) is 39.3 Å². The van der Waals surface area contributed by atoms with Gasteiger partial charge in [-0.1, -0.05) is 72.1 Å². The van der Waals surface area contributed by atoms with Crippen molar-refractivity contribution in [3.63, 3.8) is 0 Å². The van der Waals surface area contributed by atoms with E-state index in [9.17, 15) is 21.6 Å². The molecule has 0 atom stereocenters. The van der Waals surface area contributed by atoms with Crippen molar-refractivity contribution in [3.8, 4) is 0 Å². The van der Waals surface area contributed by atoms with Gasteiger partial charge in [0.25, 0.3) is 0 Å². The molecule has 208 valence electrons. The van der Waals surface area contributed by atoms with Crippen molar-refractivity contribution in [2.45, 2.75) is 18.0 Å². The molecule has 12 heteroatoms. The van der Waals surface area contributed by atoms with Crippen molar-refractivity contribution in [2.75, 3.05) is 0 Å². The minimum absolute atomic E-state index is 0. The van der Waals surface area contributed by atoms with Crippen LogP contribution in [0.15, 0.2) is 102 Å². The third-order valence-electron chi connectivity index (χ3n) is 3.77. The number of hydrogen-bond acceptors (Lipinski definition) is 2. The molecule has 0 saturated carbocycles. The molecule has 0 fully saturated rings. The molecular weight excluding hydrogens is 621 g/mol. The Bertz CT molecular complexity index is 1130. The fraction of sp³-hybridized carbons (Fsp3) is 0.0741. The van der Waals surface area contributed by atoms with E-state index < -0.39 is 21.6 Å². The molecule has 0 aliphatic heterocycles. The van der Waals surface area contributed by atoms with Gasteiger partial charge >= 0.3 is 51.4 Å². The zero-order valence-corrected chi connectivity index (χ0v) is 23.0. The average molecular weight is 641 g/mol. The van der Waals surface area contributed by atoms with Crippen LogP contribution in [0.1, 0.15) is 16.7 Å². The number of alkyl halides is 3. The van der Waals surface area contributed by atoms with Crippen LogP contribution in [0.5, 0.6) is 0 Å². The monoisotopic (exact) mass is 641 g/mol. The van der Waals surface area contributed by atoms with Crippen molar-refractivity contribution < 1.29 is 74.3 Å². The Hall–Kier alpha value is -2.99. The summed E-state index contributed by atoms with van der Waals surface area (Å²) < 4.78 is 91.5. The fourth-order valence-electron chi connectivity index (χ4n) is 2.24. The quantitative estimate of drug-likeness (QED) is 0.230. The summed E-state index contributed by atoms with van der Waals surface area (Å²) in [6, 6.07) is 10.2. The Morgan fingerprint density at radius 3 is 1.21 bits per heavy atom. The Morgan fingerprint density at radius 2 is 0.923 bits per heavy atom. The molecule has 0 unspecified atom stereocenters. The molecule has 6 nitrogen and oxygen atoms in total. The van der Waals surface area contributed by atoms with Crippen LogP contribution < -0.4 is 0 Å². The number of halogens is 3. The molecule has 0 saturated heterocycles. The maximum atomic E-state index is 12.4. The summed E-state index contributed by atoms with van der Waals surface area (Å²) in [5.74, 6) is 0.956. The van der Waals surface area contributed by atoms with E-state index in [0.717, 1.165) is 35.6 Å². The predicted molar refractivity (Wildman–Crippen MR) is 125 cm³/mol. The normalized spacial score (nSPS) is 13.3. The maximum Gasteiger partial charge on any atom is 0 e. The molecule has 0 spiro atoms. The molecule has 0 radical (unpaired) electrons. The van der Waals surface area contributed by atoms with Gasteiger partial charge in [-0.2, -0.15) is 30.9 Å². The second-order valence-corrected chi connectivity index (χ2v) is 7.93. The van der Waals surface area contributed by atoms with E-state index in [1.807, 2.05) is 55.5 Å². The molecule has 1 aliphatic carbocycles. The minimum Gasteiger partial charge on any atom is 0 e. The number of sulfone groups is 1. The SMILES string of the molecule is C1=C\C=C/C=C\C=C/1.Cc1ccc(S(=O)(=O)[CH-]c2ccc(C(F)(F)F)cc2)cc1.[C-]#[O+].[C-]#[O+].[C-]#[O+].[C-]#[O+].[Fe].[Fe]. The van der Waals surface area contributed by atoms with Crippen molar-refractivity contribution in [1.29, 1.82) is 0 Å². The van der Waals surface area contributed by atoms with Crippen LogP contribution in [0.3, 0.4) is 0 Å². The summed E-state index contributed by atoms with van der Waals surface area (Å²) in [7, 11) is -3.68. The molecule has 0 aromatic heterocycles. The first-order valence-electron chi connectivity index (χ1n) is 9.50. The summed E-state index contributed by atoms with van der Waals surface area (Å²) in [6.45, 7) is 19.8. The second-order valence-electron chi connectivity index (χ2n) is 6.14. The van der Waals surface area contributed by atoms with Crippen molar-refractivity contribution >= 4 is 9.84 Å². The summed E-state index contributed by atoms with van der Waals surface area (Å²) in [6.07, 6.45) is 11.6. The van der Waals surface area contributed by atoms with E-state index in [0.29, 0.717) is 0 Å². The molecule has 2 aromatic rings. The summed E-state index contributed by atoms with van der Waals surface area (Å²) in [5.41, 5.74) is 0.305. The third kappa shape index (κ3) is 21.6. The molecule has 3 rings (SSSR count). The number of benzene rings is 2. The first-order chi connectivity index (χ1) is 17.7. The zero-order chi connectivity index (χ0) is 29.3. The third-order valence-corrected chi connectivity index (χ3v) is 5.28. The Kier molecular flexibility index (Phi) is 33.0. The smallest absolute Gasteiger partial charge is 0 e. The first kappa shape index (κ1) is 45.9. The van der Waals surface area contributed by atoms with Crippen LogP contribution in [0.2, 0.25) is 0 Å². The summed E-state index contributed by atoms with van der Waals surface area (Å²) >= 11 is 0.